The highest BCUT2D eigenvalue weighted by Crippen LogP contribution is 2.27. The van der Waals surface area contributed by atoms with Crippen molar-refractivity contribution in [3.05, 3.63) is 58.5 Å². The summed E-state index contributed by atoms with van der Waals surface area (Å²) in [5.74, 6) is 0. The van der Waals surface area contributed by atoms with Gasteiger partial charge in [0.2, 0.25) is 0 Å². The molecule has 0 spiro atoms. The van der Waals surface area contributed by atoms with Crippen LogP contribution >= 0.6 is 0 Å². The number of anilines is 1. The van der Waals surface area contributed by atoms with Crippen LogP contribution in [0, 0.1) is 16.2 Å². The normalized spacial score (nSPS) is 9.72. The lowest BCUT2D eigenvalue weighted by Gasteiger charge is -2.06. The molecule has 2 N–H and O–H groups in total. The van der Waals surface area contributed by atoms with E-state index in [9.17, 15) is 4.91 Å². The predicted molar refractivity (Wildman–Crippen MR) is 70.5 cm³/mol. The highest BCUT2D eigenvalue weighted by atomic mass is 16.3. The fourth-order valence-electron chi connectivity index (χ4n) is 1.74. The van der Waals surface area contributed by atoms with Crippen molar-refractivity contribution in [2.75, 3.05) is 5.73 Å². The first-order valence-electron chi connectivity index (χ1n) is 5.42. The second-order valence-corrected chi connectivity index (χ2v) is 3.90. The van der Waals surface area contributed by atoms with Gasteiger partial charge in [-0.25, -0.2) is 0 Å². The zero-order chi connectivity index (χ0) is 13.0. The summed E-state index contributed by atoms with van der Waals surface area (Å²) in [5.41, 5.74) is 9.67. The van der Waals surface area contributed by atoms with Crippen LogP contribution in [0.3, 0.4) is 0 Å². The fraction of sp³-hybridized carbons (Fsp3) is 0.0714. The lowest BCUT2D eigenvalue weighted by atomic mass is 10.0. The molecule has 2 aromatic carbocycles. The van der Waals surface area contributed by atoms with E-state index in [1.54, 1.807) is 18.2 Å². The Morgan fingerprint density at radius 2 is 1.89 bits per heavy atom. The average Bonchev–Trinajstić information content (AvgIpc) is 2.41. The molecule has 0 bridgehead atoms. The molecule has 0 fully saturated rings. The summed E-state index contributed by atoms with van der Waals surface area (Å²) < 4.78 is 0. The number of hydrogen-bond acceptors (Lipinski definition) is 4. The molecule has 0 aromatic heterocycles. The van der Waals surface area contributed by atoms with Crippen LogP contribution in [0.1, 0.15) is 11.1 Å². The molecule has 0 atom stereocenters. The smallest absolute Gasteiger partial charge is 0.106 e. The first-order chi connectivity index (χ1) is 8.74. The van der Waals surface area contributed by atoms with E-state index in [-0.39, 0.29) is 6.54 Å². The highest BCUT2D eigenvalue weighted by Gasteiger charge is 2.04. The molecule has 0 saturated heterocycles. The van der Waals surface area contributed by atoms with Crippen LogP contribution in [-0.4, -0.2) is 0 Å². The molecule has 0 heterocycles. The van der Waals surface area contributed by atoms with Gasteiger partial charge in [-0.1, -0.05) is 29.4 Å². The average molecular weight is 237 g/mol. The number of benzene rings is 2. The standard InChI is InChI=1S/C14H11N3O/c15-8-11-3-6-14(16)13(7-11)12-4-1-10(2-5-12)9-17-18/h1-7H,9,16H2. The van der Waals surface area contributed by atoms with Gasteiger partial charge in [-0.15, -0.1) is 0 Å². The first kappa shape index (κ1) is 11.8. The van der Waals surface area contributed by atoms with Crippen molar-refractivity contribution < 1.29 is 0 Å². The number of nitrogens with zero attached hydrogens (tertiary/aromatic N) is 2. The summed E-state index contributed by atoms with van der Waals surface area (Å²) >= 11 is 0. The topological polar surface area (TPSA) is 79.2 Å². The Hall–Kier alpha value is -2.67. The first-order valence-corrected chi connectivity index (χ1v) is 5.42. The zero-order valence-corrected chi connectivity index (χ0v) is 9.63. The summed E-state index contributed by atoms with van der Waals surface area (Å²) in [6, 6.07) is 14.6. The van der Waals surface area contributed by atoms with E-state index in [0.717, 1.165) is 16.7 Å². The van der Waals surface area contributed by atoms with Crippen LogP contribution < -0.4 is 5.73 Å². The maximum atomic E-state index is 10.2. The van der Waals surface area contributed by atoms with E-state index in [1.807, 2.05) is 24.3 Å². The summed E-state index contributed by atoms with van der Waals surface area (Å²) in [6.45, 7) is 0.161. The Morgan fingerprint density at radius 1 is 1.17 bits per heavy atom. The molecule has 88 valence electrons. The minimum atomic E-state index is 0.161. The molecule has 0 radical (unpaired) electrons. The number of nitriles is 1. The maximum absolute atomic E-state index is 10.2. The molecule has 0 unspecified atom stereocenters. The fourth-order valence-corrected chi connectivity index (χ4v) is 1.74. The molecule has 0 aliphatic heterocycles. The Balaban J connectivity index is 2.42. The highest BCUT2D eigenvalue weighted by molar-refractivity contribution is 5.77. The lowest BCUT2D eigenvalue weighted by Crippen LogP contribution is -1.91. The molecule has 4 heteroatoms. The van der Waals surface area contributed by atoms with Gasteiger partial charge in [0.25, 0.3) is 0 Å². The Kier molecular flexibility index (Phi) is 3.35. The van der Waals surface area contributed by atoms with E-state index < -0.39 is 0 Å². The van der Waals surface area contributed by atoms with Gasteiger partial charge in [-0.2, -0.15) is 10.2 Å². The van der Waals surface area contributed by atoms with Crippen molar-refractivity contribution in [2.45, 2.75) is 6.54 Å². The molecular weight excluding hydrogens is 226 g/mol. The van der Waals surface area contributed by atoms with Gasteiger partial charge in [0.1, 0.15) is 6.54 Å². The Bertz CT molecular complexity index is 612. The van der Waals surface area contributed by atoms with Crippen molar-refractivity contribution in [3.63, 3.8) is 0 Å². The lowest BCUT2D eigenvalue weighted by molar-refractivity contribution is 1.06. The van der Waals surface area contributed by atoms with Gasteiger partial charge in [0.15, 0.2) is 0 Å². The molecule has 4 nitrogen and oxygen atoms in total. The van der Waals surface area contributed by atoms with Crippen molar-refractivity contribution in [1.29, 1.82) is 5.26 Å². The van der Waals surface area contributed by atoms with Crippen LogP contribution in [0.25, 0.3) is 11.1 Å². The van der Waals surface area contributed by atoms with Gasteiger partial charge in [0, 0.05) is 11.3 Å². The molecule has 2 rings (SSSR count). The van der Waals surface area contributed by atoms with Crippen molar-refractivity contribution in [1.82, 2.24) is 0 Å². The van der Waals surface area contributed by atoms with Crippen LogP contribution in [0.15, 0.2) is 47.6 Å². The Morgan fingerprint density at radius 3 is 2.50 bits per heavy atom. The largest absolute Gasteiger partial charge is 0.398 e. The third-order valence-electron chi connectivity index (χ3n) is 2.69. The van der Waals surface area contributed by atoms with E-state index in [1.165, 1.54) is 0 Å². The van der Waals surface area contributed by atoms with E-state index in [2.05, 4.69) is 11.2 Å². The molecule has 0 aliphatic carbocycles. The molecule has 0 aliphatic rings. The molecule has 0 amide bonds. The number of nitrogen functional groups attached to an aromatic ring is 1. The van der Waals surface area contributed by atoms with E-state index in [0.29, 0.717) is 11.3 Å². The SMILES string of the molecule is N#Cc1ccc(N)c(-c2ccc(CN=O)cc2)c1. The van der Waals surface area contributed by atoms with E-state index in [4.69, 9.17) is 11.0 Å². The minimum absolute atomic E-state index is 0.161. The maximum Gasteiger partial charge on any atom is 0.106 e. The molecule has 18 heavy (non-hydrogen) atoms. The molecule has 2 aromatic rings. The summed E-state index contributed by atoms with van der Waals surface area (Å²) in [6.07, 6.45) is 0. The van der Waals surface area contributed by atoms with Crippen molar-refractivity contribution >= 4 is 5.69 Å². The quantitative estimate of drug-likeness (QED) is 0.658. The Labute approximate surface area is 105 Å². The van der Waals surface area contributed by atoms with Gasteiger partial charge in [-0.3, -0.25) is 0 Å². The van der Waals surface area contributed by atoms with Crippen LogP contribution in [0.4, 0.5) is 5.69 Å². The summed E-state index contributed by atoms with van der Waals surface area (Å²) in [7, 11) is 0. The minimum Gasteiger partial charge on any atom is -0.398 e. The van der Waals surface area contributed by atoms with Crippen molar-refractivity contribution in [2.24, 2.45) is 5.18 Å². The van der Waals surface area contributed by atoms with Gasteiger partial charge < -0.3 is 5.73 Å². The third-order valence-corrected chi connectivity index (χ3v) is 2.69. The number of rotatable bonds is 3. The number of nitroso groups, excluding NO2 is 1. The van der Waals surface area contributed by atoms with Crippen LogP contribution in [-0.2, 0) is 6.54 Å². The third kappa shape index (κ3) is 2.36. The molecule has 0 saturated carbocycles. The molecular formula is C14H11N3O. The van der Waals surface area contributed by atoms with E-state index >= 15 is 0 Å². The van der Waals surface area contributed by atoms with Crippen LogP contribution in [0.2, 0.25) is 0 Å². The van der Waals surface area contributed by atoms with Gasteiger partial charge in [-0.05, 0) is 29.3 Å². The monoisotopic (exact) mass is 237 g/mol. The second-order valence-electron chi connectivity index (χ2n) is 3.90. The van der Waals surface area contributed by atoms with Gasteiger partial charge in [0.05, 0.1) is 11.6 Å². The van der Waals surface area contributed by atoms with Gasteiger partial charge >= 0.3 is 0 Å². The van der Waals surface area contributed by atoms with Crippen molar-refractivity contribution in [3.8, 4) is 17.2 Å². The second kappa shape index (κ2) is 5.11. The zero-order valence-electron chi connectivity index (χ0n) is 9.63. The van der Waals surface area contributed by atoms with Crippen LogP contribution in [0.5, 0.6) is 0 Å². The number of hydrogen-bond donors (Lipinski definition) is 1. The number of nitrogens with two attached hydrogens (primary N) is 1. The predicted octanol–water partition coefficient (Wildman–Crippen LogP) is 3.07. The summed E-state index contributed by atoms with van der Waals surface area (Å²) in [5, 5.41) is 11.7. The summed E-state index contributed by atoms with van der Waals surface area (Å²) in [4.78, 5) is 10.2.